The van der Waals surface area contributed by atoms with Crippen molar-refractivity contribution < 1.29 is 28.2 Å². The lowest BCUT2D eigenvalue weighted by Crippen LogP contribution is -2.20. The van der Waals surface area contributed by atoms with Crippen molar-refractivity contribution >= 4 is 40.7 Å². The fourth-order valence-electron chi connectivity index (χ4n) is 2.23. The molecular formula is C18H17ClFN3O5. The number of hydrogen-bond acceptors (Lipinski definition) is 5. The number of halogens is 2. The van der Waals surface area contributed by atoms with E-state index in [9.17, 15) is 18.8 Å². The highest BCUT2D eigenvalue weighted by Crippen LogP contribution is 2.36. The SMILES string of the molecule is COc1cc(C(=O)Nc2ccc(F)c(NC(C)=O)c2)cc(Cl)c1OCC(N)=O. The van der Waals surface area contributed by atoms with Crippen LogP contribution in [0.25, 0.3) is 0 Å². The zero-order chi connectivity index (χ0) is 20.8. The van der Waals surface area contributed by atoms with E-state index in [1.165, 1.54) is 38.3 Å². The van der Waals surface area contributed by atoms with E-state index >= 15 is 0 Å². The van der Waals surface area contributed by atoms with Crippen LogP contribution in [0, 0.1) is 5.82 Å². The molecule has 28 heavy (non-hydrogen) atoms. The third-order valence-electron chi connectivity index (χ3n) is 3.39. The summed E-state index contributed by atoms with van der Waals surface area (Å²) in [7, 11) is 1.34. The van der Waals surface area contributed by atoms with E-state index in [0.29, 0.717) is 0 Å². The molecule has 2 aromatic rings. The van der Waals surface area contributed by atoms with Gasteiger partial charge in [-0.1, -0.05) is 11.6 Å². The number of rotatable bonds is 7. The maximum Gasteiger partial charge on any atom is 0.255 e. The van der Waals surface area contributed by atoms with Crippen LogP contribution < -0.4 is 25.8 Å². The normalized spacial score (nSPS) is 10.1. The molecule has 0 fully saturated rings. The highest BCUT2D eigenvalue weighted by atomic mass is 35.5. The number of hydrogen-bond donors (Lipinski definition) is 3. The molecule has 0 aliphatic rings. The Morgan fingerprint density at radius 3 is 2.50 bits per heavy atom. The molecule has 3 amide bonds. The Balaban J connectivity index is 2.26. The topological polar surface area (TPSA) is 120 Å². The number of carbonyl (C=O) groups excluding carboxylic acids is 3. The van der Waals surface area contributed by atoms with Gasteiger partial charge < -0.3 is 25.8 Å². The third kappa shape index (κ3) is 5.34. The minimum absolute atomic E-state index is 0.0313. The molecule has 0 bridgehead atoms. The molecule has 0 heterocycles. The van der Waals surface area contributed by atoms with E-state index in [0.717, 1.165) is 6.07 Å². The molecule has 0 spiro atoms. The average molecular weight is 410 g/mol. The van der Waals surface area contributed by atoms with Crippen LogP contribution in [0.15, 0.2) is 30.3 Å². The summed E-state index contributed by atoms with van der Waals surface area (Å²) in [6.07, 6.45) is 0. The lowest BCUT2D eigenvalue weighted by atomic mass is 10.1. The summed E-state index contributed by atoms with van der Waals surface area (Å²) in [5, 5.41) is 4.92. The van der Waals surface area contributed by atoms with Crippen LogP contribution in [0.4, 0.5) is 15.8 Å². The lowest BCUT2D eigenvalue weighted by molar-refractivity contribution is -0.120. The number of methoxy groups -OCH3 is 1. The molecule has 8 nitrogen and oxygen atoms in total. The zero-order valence-corrected chi connectivity index (χ0v) is 15.7. The van der Waals surface area contributed by atoms with Gasteiger partial charge in [0.2, 0.25) is 5.91 Å². The fraction of sp³-hybridized carbons (Fsp3) is 0.167. The second-order valence-corrected chi connectivity index (χ2v) is 5.98. The Morgan fingerprint density at radius 1 is 1.18 bits per heavy atom. The molecule has 0 unspecified atom stereocenters. The Bertz CT molecular complexity index is 936. The summed E-state index contributed by atoms with van der Waals surface area (Å²) in [4.78, 5) is 34.5. The Labute approximate surface area is 164 Å². The van der Waals surface area contributed by atoms with Crippen molar-refractivity contribution in [2.75, 3.05) is 24.4 Å². The highest BCUT2D eigenvalue weighted by Gasteiger charge is 2.17. The molecule has 0 radical (unpaired) electrons. The van der Waals surface area contributed by atoms with E-state index in [2.05, 4.69) is 10.6 Å². The molecule has 2 aromatic carbocycles. The number of nitrogens with one attached hydrogen (secondary N) is 2. The summed E-state index contributed by atoms with van der Waals surface area (Å²) >= 11 is 6.11. The van der Waals surface area contributed by atoms with Crippen molar-refractivity contribution in [1.29, 1.82) is 0 Å². The molecule has 10 heteroatoms. The number of benzene rings is 2. The molecule has 0 atom stereocenters. The molecule has 0 saturated carbocycles. The van der Waals surface area contributed by atoms with E-state index in [4.69, 9.17) is 26.8 Å². The Hall–Kier alpha value is -3.33. The maximum absolute atomic E-state index is 13.7. The first-order valence-electron chi connectivity index (χ1n) is 7.88. The number of amides is 3. The van der Waals surface area contributed by atoms with Crippen LogP contribution in [0.3, 0.4) is 0 Å². The molecule has 0 aliphatic heterocycles. The predicted molar refractivity (Wildman–Crippen MR) is 101 cm³/mol. The first-order chi connectivity index (χ1) is 13.2. The van der Waals surface area contributed by atoms with Crippen LogP contribution in [-0.4, -0.2) is 31.4 Å². The summed E-state index contributed by atoms with van der Waals surface area (Å²) in [6, 6.07) is 6.39. The smallest absolute Gasteiger partial charge is 0.255 e. The van der Waals surface area contributed by atoms with Crippen molar-refractivity contribution in [3.05, 3.63) is 46.7 Å². The summed E-state index contributed by atoms with van der Waals surface area (Å²) < 4.78 is 24.0. The minimum Gasteiger partial charge on any atom is -0.493 e. The standard InChI is InChI=1S/C18H17ClFN3O5/c1-9(24)22-14-7-11(3-4-13(14)20)23-18(26)10-5-12(19)17(15(6-10)27-2)28-8-16(21)25/h3-7H,8H2,1-2H3,(H2,21,25)(H,22,24)(H,23,26). The Kier molecular flexibility index (Phi) is 6.78. The lowest BCUT2D eigenvalue weighted by Gasteiger charge is -2.14. The summed E-state index contributed by atoms with van der Waals surface area (Å²) in [6.45, 7) is 0.823. The van der Waals surface area contributed by atoms with Gasteiger partial charge in [0.25, 0.3) is 11.8 Å². The molecule has 0 aromatic heterocycles. The number of carbonyl (C=O) groups is 3. The van der Waals surface area contributed by atoms with Crippen molar-refractivity contribution in [3.63, 3.8) is 0 Å². The van der Waals surface area contributed by atoms with E-state index in [-0.39, 0.29) is 33.5 Å². The van der Waals surface area contributed by atoms with Crippen LogP contribution in [0.5, 0.6) is 11.5 Å². The minimum atomic E-state index is -0.703. The van der Waals surface area contributed by atoms with Crippen molar-refractivity contribution in [1.82, 2.24) is 0 Å². The number of nitrogens with two attached hydrogens (primary N) is 1. The van der Waals surface area contributed by atoms with Crippen molar-refractivity contribution in [2.24, 2.45) is 5.73 Å². The fourth-order valence-corrected chi connectivity index (χ4v) is 2.49. The van der Waals surface area contributed by atoms with Gasteiger partial charge >= 0.3 is 0 Å². The predicted octanol–water partition coefficient (Wildman–Crippen LogP) is 2.56. The van der Waals surface area contributed by atoms with Gasteiger partial charge in [-0.05, 0) is 30.3 Å². The van der Waals surface area contributed by atoms with Gasteiger partial charge in [-0.25, -0.2) is 4.39 Å². The quantitative estimate of drug-likeness (QED) is 0.649. The van der Waals surface area contributed by atoms with Gasteiger partial charge in [0.15, 0.2) is 18.1 Å². The third-order valence-corrected chi connectivity index (χ3v) is 3.67. The first-order valence-corrected chi connectivity index (χ1v) is 8.26. The Morgan fingerprint density at radius 2 is 1.89 bits per heavy atom. The second-order valence-electron chi connectivity index (χ2n) is 5.57. The largest absolute Gasteiger partial charge is 0.493 e. The summed E-state index contributed by atoms with van der Waals surface area (Å²) in [5.41, 5.74) is 5.33. The molecule has 4 N–H and O–H groups in total. The van der Waals surface area contributed by atoms with E-state index < -0.39 is 30.1 Å². The molecular weight excluding hydrogens is 393 g/mol. The van der Waals surface area contributed by atoms with Crippen LogP contribution in [0.1, 0.15) is 17.3 Å². The van der Waals surface area contributed by atoms with Gasteiger partial charge in [0.1, 0.15) is 5.82 Å². The highest BCUT2D eigenvalue weighted by molar-refractivity contribution is 6.32. The molecule has 0 aliphatic carbocycles. The average Bonchev–Trinajstić information content (AvgIpc) is 2.62. The number of ether oxygens (including phenoxy) is 2. The van der Waals surface area contributed by atoms with Gasteiger partial charge in [0, 0.05) is 18.2 Å². The molecule has 2 rings (SSSR count). The number of anilines is 2. The van der Waals surface area contributed by atoms with Crippen LogP contribution in [0.2, 0.25) is 5.02 Å². The van der Waals surface area contributed by atoms with Gasteiger partial charge in [0.05, 0.1) is 17.8 Å². The molecule has 0 saturated heterocycles. The van der Waals surface area contributed by atoms with Crippen molar-refractivity contribution in [3.8, 4) is 11.5 Å². The monoisotopic (exact) mass is 409 g/mol. The van der Waals surface area contributed by atoms with E-state index in [1.807, 2.05) is 0 Å². The van der Waals surface area contributed by atoms with Crippen molar-refractivity contribution in [2.45, 2.75) is 6.92 Å². The van der Waals surface area contributed by atoms with Crippen LogP contribution >= 0.6 is 11.6 Å². The van der Waals surface area contributed by atoms with Crippen LogP contribution in [-0.2, 0) is 9.59 Å². The maximum atomic E-state index is 13.7. The summed E-state index contributed by atoms with van der Waals surface area (Å²) in [5.74, 6) is -2.18. The van der Waals surface area contributed by atoms with Gasteiger partial charge in [-0.2, -0.15) is 0 Å². The zero-order valence-electron chi connectivity index (χ0n) is 15.0. The first kappa shape index (κ1) is 21.0. The second kappa shape index (κ2) is 9.05. The van der Waals surface area contributed by atoms with Gasteiger partial charge in [-0.15, -0.1) is 0 Å². The number of primary amides is 1. The molecule has 148 valence electrons. The van der Waals surface area contributed by atoms with Gasteiger partial charge in [-0.3, -0.25) is 14.4 Å². The van der Waals surface area contributed by atoms with E-state index in [1.54, 1.807) is 0 Å².